The van der Waals surface area contributed by atoms with E-state index in [1.807, 2.05) is 0 Å². The van der Waals surface area contributed by atoms with E-state index in [0.29, 0.717) is 44.1 Å². The first-order chi connectivity index (χ1) is 14.3. The van der Waals surface area contributed by atoms with Crippen molar-refractivity contribution in [2.45, 2.75) is 88.9 Å². The molecule has 2 rings (SSSR count). The summed E-state index contributed by atoms with van der Waals surface area (Å²) in [6.45, 7) is 0. The number of halogens is 2. The molecule has 0 heterocycles. The lowest BCUT2D eigenvalue weighted by atomic mass is 9.84. The van der Waals surface area contributed by atoms with Gasteiger partial charge in [-0.2, -0.15) is 0 Å². The SMILES string of the molecule is O=C(O)CCCCCCC1C(O)CC(O)C1CCC(O)CCc1ccc(F)cc1F. The summed E-state index contributed by atoms with van der Waals surface area (Å²) < 4.78 is 26.7. The van der Waals surface area contributed by atoms with E-state index in [-0.39, 0.29) is 18.3 Å². The van der Waals surface area contributed by atoms with Crippen LogP contribution in [0.2, 0.25) is 0 Å². The van der Waals surface area contributed by atoms with E-state index in [9.17, 15) is 28.9 Å². The maximum Gasteiger partial charge on any atom is 0.303 e. The van der Waals surface area contributed by atoms with Crippen LogP contribution < -0.4 is 0 Å². The second-order valence-corrected chi connectivity index (χ2v) is 8.55. The Hall–Kier alpha value is -1.57. The number of aliphatic hydroxyl groups excluding tert-OH is 3. The normalized spacial score (nSPS) is 24.8. The van der Waals surface area contributed by atoms with Gasteiger partial charge in [-0.15, -0.1) is 0 Å². The molecule has 1 aromatic rings. The first-order valence-electron chi connectivity index (χ1n) is 11.0. The van der Waals surface area contributed by atoms with Crippen LogP contribution in [0.3, 0.4) is 0 Å². The Balaban J connectivity index is 1.73. The zero-order chi connectivity index (χ0) is 22.1. The number of unbranched alkanes of at least 4 members (excludes halogenated alkanes) is 3. The second kappa shape index (κ2) is 12.3. The molecule has 30 heavy (non-hydrogen) atoms. The fourth-order valence-electron chi connectivity index (χ4n) is 4.57. The molecule has 170 valence electrons. The molecule has 5 nitrogen and oxygen atoms in total. The molecule has 5 atom stereocenters. The minimum atomic E-state index is -0.787. The second-order valence-electron chi connectivity index (χ2n) is 8.55. The number of carboxylic acid groups (broad SMARTS) is 1. The zero-order valence-electron chi connectivity index (χ0n) is 17.4. The molecular weight excluding hydrogens is 394 g/mol. The van der Waals surface area contributed by atoms with Crippen molar-refractivity contribution in [3.05, 3.63) is 35.4 Å². The van der Waals surface area contributed by atoms with Gasteiger partial charge in [0.15, 0.2) is 0 Å². The average Bonchev–Trinajstić information content (AvgIpc) is 2.94. The van der Waals surface area contributed by atoms with E-state index in [4.69, 9.17) is 5.11 Å². The lowest BCUT2D eigenvalue weighted by Gasteiger charge is -2.24. The molecule has 1 saturated carbocycles. The van der Waals surface area contributed by atoms with Crippen LogP contribution in [0.15, 0.2) is 18.2 Å². The molecular formula is C23H34F2O5. The van der Waals surface area contributed by atoms with Crippen molar-refractivity contribution in [3.63, 3.8) is 0 Å². The lowest BCUT2D eigenvalue weighted by molar-refractivity contribution is -0.137. The summed E-state index contributed by atoms with van der Waals surface area (Å²) in [4.78, 5) is 10.5. The van der Waals surface area contributed by atoms with Gasteiger partial charge >= 0.3 is 5.97 Å². The van der Waals surface area contributed by atoms with Crippen molar-refractivity contribution in [1.82, 2.24) is 0 Å². The van der Waals surface area contributed by atoms with Crippen LogP contribution in [0.5, 0.6) is 0 Å². The third-order valence-corrected chi connectivity index (χ3v) is 6.29. The van der Waals surface area contributed by atoms with Crippen LogP contribution in [-0.2, 0) is 11.2 Å². The Labute approximate surface area is 176 Å². The van der Waals surface area contributed by atoms with Crippen molar-refractivity contribution in [1.29, 1.82) is 0 Å². The molecule has 5 unspecified atom stereocenters. The number of carboxylic acids is 1. The maximum atomic E-state index is 13.7. The van der Waals surface area contributed by atoms with Crippen molar-refractivity contribution >= 4 is 5.97 Å². The standard InChI is InChI=1S/C23H34F2O5/c24-16-9-7-15(20(25)13-16)8-10-17(26)11-12-19-18(21(27)14-22(19)28)5-3-1-2-4-6-23(29)30/h7,9,13,17-19,21-22,26-28H,1-6,8,10-12,14H2,(H,29,30). The summed E-state index contributed by atoms with van der Waals surface area (Å²) in [6, 6.07) is 3.43. The molecule has 4 N–H and O–H groups in total. The molecule has 1 aromatic carbocycles. The van der Waals surface area contributed by atoms with E-state index in [1.165, 1.54) is 12.1 Å². The summed E-state index contributed by atoms with van der Waals surface area (Å²) >= 11 is 0. The van der Waals surface area contributed by atoms with Crippen LogP contribution in [0.1, 0.15) is 69.8 Å². The average molecular weight is 429 g/mol. The monoisotopic (exact) mass is 428 g/mol. The first-order valence-corrected chi connectivity index (χ1v) is 11.0. The predicted octanol–water partition coefficient (Wildman–Crippen LogP) is 3.82. The molecule has 0 aliphatic heterocycles. The predicted molar refractivity (Wildman–Crippen MR) is 109 cm³/mol. The van der Waals surface area contributed by atoms with E-state index in [2.05, 4.69) is 0 Å². The highest BCUT2D eigenvalue weighted by molar-refractivity contribution is 5.66. The maximum absolute atomic E-state index is 13.7. The van der Waals surface area contributed by atoms with Crippen LogP contribution >= 0.6 is 0 Å². The van der Waals surface area contributed by atoms with Gasteiger partial charge in [0.25, 0.3) is 0 Å². The first kappa shape index (κ1) is 24.7. The number of carbonyl (C=O) groups is 1. The van der Waals surface area contributed by atoms with Gasteiger partial charge in [-0.05, 0) is 68.4 Å². The summed E-state index contributed by atoms with van der Waals surface area (Å²) in [5.41, 5.74) is 0.368. The van der Waals surface area contributed by atoms with Gasteiger partial charge in [-0.1, -0.05) is 25.3 Å². The van der Waals surface area contributed by atoms with Crippen molar-refractivity contribution in [2.75, 3.05) is 0 Å². The summed E-state index contributed by atoms with van der Waals surface area (Å²) in [5, 5.41) is 39.6. The Morgan fingerprint density at radius 1 is 1.00 bits per heavy atom. The quantitative estimate of drug-likeness (QED) is 0.358. The number of hydrogen-bond acceptors (Lipinski definition) is 4. The van der Waals surface area contributed by atoms with Crippen molar-refractivity contribution < 1.29 is 34.0 Å². The van der Waals surface area contributed by atoms with Gasteiger partial charge in [-0.3, -0.25) is 4.79 Å². The topological polar surface area (TPSA) is 98.0 Å². The van der Waals surface area contributed by atoms with E-state index >= 15 is 0 Å². The summed E-state index contributed by atoms with van der Waals surface area (Å²) in [6.07, 6.45) is 4.40. The Kier molecular flexibility index (Phi) is 10.1. The van der Waals surface area contributed by atoms with Gasteiger partial charge in [-0.25, -0.2) is 8.78 Å². The number of rotatable bonds is 13. The number of aryl methyl sites for hydroxylation is 1. The highest BCUT2D eigenvalue weighted by Gasteiger charge is 2.40. The highest BCUT2D eigenvalue weighted by Crippen LogP contribution is 2.39. The minimum Gasteiger partial charge on any atom is -0.481 e. The highest BCUT2D eigenvalue weighted by atomic mass is 19.1. The largest absolute Gasteiger partial charge is 0.481 e. The van der Waals surface area contributed by atoms with Gasteiger partial charge in [0, 0.05) is 12.5 Å². The van der Waals surface area contributed by atoms with Crippen LogP contribution in [-0.4, -0.2) is 44.7 Å². The van der Waals surface area contributed by atoms with Gasteiger partial charge in [0.1, 0.15) is 11.6 Å². The molecule has 0 aromatic heterocycles. The molecule has 0 bridgehead atoms. The molecule has 7 heteroatoms. The minimum absolute atomic E-state index is 0.0267. The van der Waals surface area contributed by atoms with Crippen LogP contribution in [0.25, 0.3) is 0 Å². The van der Waals surface area contributed by atoms with Gasteiger partial charge in [0.2, 0.25) is 0 Å². The van der Waals surface area contributed by atoms with Crippen molar-refractivity contribution in [3.8, 4) is 0 Å². The molecule has 0 amide bonds. The Morgan fingerprint density at radius 2 is 1.67 bits per heavy atom. The molecule has 0 saturated heterocycles. The van der Waals surface area contributed by atoms with E-state index < -0.39 is 35.9 Å². The number of aliphatic hydroxyl groups is 3. The summed E-state index contributed by atoms with van der Waals surface area (Å²) in [7, 11) is 0. The summed E-state index contributed by atoms with van der Waals surface area (Å²) in [5.74, 6) is -2.14. The van der Waals surface area contributed by atoms with Crippen LogP contribution in [0, 0.1) is 23.5 Å². The number of aliphatic carboxylic acids is 1. The van der Waals surface area contributed by atoms with Gasteiger partial charge < -0.3 is 20.4 Å². The third kappa shape index (κ3) is 7.93. The molecule has 0 spiro atoms. The fourth-order valence-corrected chi connectivity index (χ4v) is 4.57. The zero-order valence-corrected chi connectivity index (χ0v) is 17.4. The molecule has 1 fully saturated rings. The van der Waals surface area contributed by atoms with Crippen molar-refractivity contribution in [2.24, 2.45) is 11.8 Å². The smallest absolute Gasteiger partial charge is 0.303 e. The van der Waals surface area contributed by atoms with Crippen LogP contribution in [0.4, 0.5) is 8.78 Å². The number of hydrogen-bond donors (Lipinski definition) is 4. The fraction of sp³-hybridized carbons (Fsp3) is 0.696. The van der Waals surface area contributed by atoms with E-state index in [1.54, 1.807) is 0 Å². The van der Waals surface area contributed by atoms with Gasteiger partial charge in [0.05, 0.1) is 18.3 Å². The molecule has 0 radical (unpaired) electrons. The van der Waals surface area contributed by atoms with E-state index in [0.717, 1.165) is 31.7 Å². The molecule has 1 aliphatic carbocycles. The third-order valence-electron chi connectivity index (χ3n) is 6.29. The lowest BCUT2D eigenvalue weighted by Crippen LogP contribution is -2.24. The number of benzene rings is 1. The molecule has 1 aliphatic rings. The Bertz CT molecular complexity index is 669. The Morgan fingerprint density at radius 3 is 2.33 bits per heavy atom.